The maximum atomic E-state index is 12.9. The van der Waals surface area contributed by atoms with Gasteiger partial charge in [-0.05, 0) is 67.7 Å². The van der Waals surface area contributed by atoms with Gasteiger partial charge >= 0.3 is 0 Å². The van der Waals surface area contributed by atoms with Gasteiger partial charge in [0.2, 0.25) is 11.8 Å². The van der Waals surface area contributed by atoms with Crippen molar-refractivity contribution in [1.29, 1.82) is 0 Å². The summed E-state index contributed by atoms with van der Waals surface area (Å²) in [5.74, 6) is 0.877. The van der Waals surface area contributed by atoms with E-state index in [1.165, 1.54) is 16.2 Å². The predicted molar refractivity (Wildman–Crippen MR) is 143 cm³/mol. The first-order chi connectivity index (χ1) is 17.1. The molecule has 4 rings (SSSR count). The molecule has 2 N–H and O–H groups in total. The minimum Gasteiger partial charge on any atom is -0.353 e. The molecular weight excluding hydrogens is 480 g/mol. The summed E-state index contributed by atoms with van der Waals surface area (Å²) < 4.78 is 5.34. The Bertz CT molecular complexity index is 1010. The average molecular weight is 515 g/mol. The molecule has 8 heteroatoms. The number of amides is 2. The van der Waals surface area contributed by atoms with Gasteiger partial charge in [0.05, 0.1) is 4.75 Å². The normalized spacial score (nSPS) is 22.7. The zero-order chi connectivity index (χ0) is 24.5. The van der Waals surface area contributed by atoms with Gasteiger partial charge in [0.15, 0.2) is 6.29 Å². The fraction of sp³-hybridized carbons (Fsp3) is 0.481. The lowest BCUT2D eigenvalue weighted by Crippen LogP contribution is -2.37. The van der Waals surface area contributed by atoms with E-state index in [1.807, 2.05) is 36.9 Å². The van der Waals surface area contributed by atoms with Crippen molar-refractivity contribution in [3.8, 4) is 10.4 Å². The van der Waals surface area contributed by atoms with Gasteiger partial charge in [-0.3, -0.25) is 9.59 Å². The Morgan fingerprint density at radius 2 is 2.00 bits per heavy atom. The summed E-state index contributed by atoms with van der Waals surface area (Å²) >= 11 is 3.66. The van der Waals surface area contributed by atoms with Crippen LogP contribution in [0.15, 0.2) is 42.5 Å². The molecule has 1 unspecified atom stereocenters. The third-order valence-electron chi connectivity index (χ3n) is 6.27. The fourth-order valence-electron chi connectivity index (χ4n) is 4.41. The van der Waals surface area contributed by atoms with Gasteiger partial charge in [0.1, 0.15) is 0 Å². The first-order valence-corrected chi connectivity index (χ1v) is 14.2. The van der Waals surface area contributed by atoms with Gasteiger partial charge in [0.25, 0.3) is 0 Å². The van der Waals surface area contributed by atoms with Crippen LogP contribution in [0.5, 0.6) is 0 Å². The highest BCUT2D eigenvalue weighted by Gasteiger charge is 2.38. The first kappa shape index (κ1) is 25.9. The van der Waals surface area contributed by atoms with E-state index in [2.05, 4.69) is 35.1 Å². The molecule has 2 amide bonds. The maximum absolute atomic E-state index is 12.9. The molecule has 0 bridgehead atoms. The molecule has 0 radical (unpaired) electrons. The van der Waals surface area contributed by atoms with Crippen molar-refractivity contribution in [3.05, 3.63) is 52.9 Å². The Morgan fingerprint density at radius 3 is 2.71 bits per heavy atom. The lowest BCUT2D eigenvalue weighted by molar-refractivity contribution is -0.200. The molecule has 2 aromatic rings. The number of rotatable bonds is 9. The highest BCUT2D eigenvalue weighted by Crippen LogP contribution is 2.50. The van der Waals surface area contributed by atoms with E-state index in [-0.39, 0.29) is 22.9 Å². The van der Waals surface area contributed by atoms with Crippen molar-refractivity contribution in [2.45, 2.75) is 62.9 Å². The predicted octanol–water partition coefficient (Wildman–Crippen LogP) is 5.64. The van der Waals surface area contributed by atoms with E-state index < -0.39 is 0 Å². The second-order valence-corrected chi connectivity index (χ2v) is 11.5. The molecule has 188 valence electrons. The van der Waals surface area contributed by atoms with Crippen LogP contribution < -0.4 is 10.8 Å². The van der Waals surface area contributed by atoms with E-state index in [0.717, 1.165) is 49.0 Å². The molecule has 2 aliphatic rings. The SMILES string of the molecule is CCNC(=O)C=Cc1ccc(-c2ccc([C@@]3(CC(=O)NOC4CCCCO4)CCCCS3)s2)cc1. The van der Waals surface area contributed by atoms with Crippen molar-refractivity contribution in [3.63, 3.8) is 0 Å². The van der Waals surface area contributed by atoms with Gasteiger partial charge in [0, 0.05) is 41.8 Å². The van der Waals surface area contributed by atoms with Crippen LogP contribution in [0.3, 0.4) is 0 Å². The van der Waals surface area contributed by atoms with Crippen LogP contribution in [0.25, 0.3) is 16.5 Å². The molecule has 2 saturated heterocycles. The van der Waals surface area contributed by atoms with Gasteiger partial charge in [-0.2, -0.15) is 0 Å². The number of thiophene rings is 1. The number of hydrogen-bond donors (Lipinski definition) is 2. The number of nitrogens with one attached hydrogen (secondary N) is 2. The van der Waals surface area contributed by atoms with Gasteiger partial charge in [-0.25, -0.2) is 10.3 Å². The second-order valence-electron chi connectivity index (χ2n) is 8.93. The summed E-state index contributed by atoms with van der Waals surface area (Å²) in [5, 5.41) is 2.76. The molecule has 0 spiro atoms. The van der Waals surface area contributed by atoms with Crippen molar-refractivity contribution in [2.75, 3.05) is 18.9 Å². The molecule has 2 aliphatic heterocycles. The van der Waals surface area contributed by atoms with E-state index in [9.17, 15) is 9.59 Å². The molecule has 0 aliphatic carbocycles. The lowest BCUT2D eigenvalue weighted by Gasteiger charge is -2.35. The molecule has 1 aromatic carbocycles. The zero-order valence-electron chi connectivity index (χ0n) is 20.2. The number of carbonyl (C=O) groups excluding carboxylic acids is 2. The standard InChI is InChI=1S/C27H34N2O4S2/c1-2-28-24(30)15-10-20-8-11-21(12-9-20)22-13-14-23(35-22)27(16-4-6-18-34-27)19-25(31)29-33-26-7-3-5-17-32-26/h8-15,26H,2-7,16-19H2,1H3,(H,28,30)(H,29,31)/t26?,27-/m0/s1. The van der Waals surface area contributed by atoms with Gasteiger partial charge < -0.3 is 10.1 Å². The molecule has 6 nitrogen and oxygen atoms in total. The van der Waals surface area contributed by atoms with E-state index in [4.69, 9.17) is 9.57 Å². The topological polar surface area (TPSA) is 76.7 Å². The number of thioether (sulfide) groups is 1. The smallest absolute Gasteiger partial charge is 0.245 e. The Labute approximate surface area is 215 Å². The summed E-state index contributed by atoms with van der Waals surface area (Å²) in [6.07, 6.45) is 9.64. The number of carbonyl (C=O) groups is 2. The molecule has 1 aromatic heterocycles. The Hall–Kier alpha value is -2.13. The zero-order valence-corrected chi connectivity index (χ0v) is 21.8. The van der Waals surface area contributed by atoms with Crippen LogP contribution >= 0.6 is 23.1 Å². The summed E-state index contributed by atoms with van der Waals surface area (Å²) in [5.41, 5.74) is 4.77. The van der Waals surface area contributed by atoms with Crippen molar-refractivity contribution >= 4 is 41.0 Å². The molecule has 2 fully saturated rings. The number of hydrogen-bond acceptors (Lipinski definition) is 6. The fourth-order valence-corrected chi connectivity index (χ4v) is 7.30. The van der Waals surface area contributed by atoms with Gasteiger partial charge in [-0.15, -0.1) is 23.1 Å². The Morgan fingerprint density at radius 1 is 1.14 bits per heavy atom. The Kier molecular flexibility index (Phi) is 9.43. The average Bonchev–Trinajstić information content (AvgIpc) is 3.39. The Balaban J connectivity index is 1.42. The van der Waals surface area contributed by atoms with Crippen LogP contribution in [0.4, 0.5) is 0 Å². The molecule has 3 heterocycles. The molecule has 0 saturated carbocycles. The van der Waals surface area contributed by atoms with Crippen molar-refractivity contribution < 1.29 is 19.2 Å². The molecule has 2 atom stereocenters. The number of likely N-dealkylation sites (N-methyl/N-ethyl adjacent to an activating group) is 1. The third-order valence-corrected chi connectivity index (χ3v) is 9.35. The highest BCUT2D eigenvalue weighted by atomic mass is 32.2. The van der Waals surface area contributed by atoms with Crippen LogP contribution in [0.1, 0.15) is 62.3 Å². The largest absolute Gasteiger partial charge is 0.353 e. The quantitative estimate of drug-likeness (QED) is 0.334. The first-order valence-electron chi connectivity index (χ1n) is 12.4. The second kappa shape index (κ2) is 12.7. The summed E-state index contributed by atoms with van der Waals surface area (Å²) in [7, 11) is 0. The monoisotopic (exact) mass is 514 g/mol. The molecule has 35 heavy (non-hydrogen) atoms. The highest BCUT2D eigenvalue weighted by molar-refractivity contribution is 8.00. The maximum Gasteiger partial charge on any atom is 0.245 e. The summed E-state index contributed by atoms with van der Waals surface area (Å²) in [4.78, 5) is 32.5. The van der Waals surface area contributed by atoms with Crippen LogP contribution in [-0.2, 0) is 23.9 Å². The third kappa shape index (κ3) is 7.19. The summed E-state index contributed by atoms with van der Waals surface area (Å²) in [6.45, 7) is 3.20. The minimum atomic E-state index is -0.338. The van der Waals surface area contributed by atoms with E-state index in [0.29, 0.717) is 19.6 Å². The summed E-state index contributed by atoms with van der Waals surface area (Å²) in [6, 6.07) is 12.5. The van der Waals surface area contributed by atoms with Crippen LogP contribution in [-0.4, -0.2) is 37.0 Å². The minimum absolute atomic E-state index is 0.0875. The molecular formula is C27H34N2O4S2. The van der Waals surface area contributed by atoms with Crippen LogP contribution in [0, 0.1) is 0 Å². The van der Waals surface area contributed by atoms with E-state index >= 15 is 0 Å². The van der Waals surface area contributed by atoms with Crippen molar-refractivity contribution in [2.24, 2.45) is 0 Å². The van der Waals surface area contributed by atoms with Crippen LogP contribution in [0.2, 0.25) is 0 Å². The van der Waals surface area contributed by atoms with E-state index in [1.54, 1.807) is 17.4 Å². The number of ether oxygens (including phenoxy) is 1. The van der Waals surface area contributed by atoms with Gasteiger partial charge in [-0.1, -0.05) is 30.7 Å². The van der Waals surface area contributed by atoms with Crippen molar-refractivity contribution in [1.82, 2.24) is 10.8 Å². The number of benzene rings is 1. The number of hydroxylamine groups is 1. The lowest BCUT2D eigenvalue weighted by atomic mass is 9.94.